The molecule has 20 heavy (non-hydrogen) atoms. The van der Waals surface area contributed by atoms with E-state index in [0.29, 0.717) is 0 Å². The molecule has 1 heterocycles. The third-order valence-electron chi connectivity index (χ3n) is 3.78. The van der Waals surface area contributed by atoms with E-state index in [0.717, 1.165) is 35.4 Å². The van der Waals surface area contributed by atoms with Crippen LogP contribution in [0.15, 0.2) is 36.4 Å². The highest BCUT2D eigenvalue weighted by molar-refractivity contribution is 6.03. The first-order chi connectivity index (χ1) is 9.77. The number of carbonyl (C=O) groups is 1. The minimum absolute atomic E-state index is 0.0686. The molecule has 1 aliphatic carbocycles. The quantitative estimate of drug-likeness (QED) is 0.845. The van der Waals surface area contributed by atoms with E-state index in [4.69, 9.17) is 0 Å². The Bertz CT molecular complexity index is 653. The summed E-state index contributed by atoms with van der Waals surface area (Å²) in [4.78, 5) is 12.1. The molecule has 0 bridgehead atoms. The van der Waals surface area contributed by atoms with Crippen LogP contribution in [0.1, 0.15) is 48.7 Å². The maximum absolute atomic E-state index is 12.1. The van der Waals surface area contributed by atoms with Gasteiger partial charge in [0.2, 0.25) is 0 Å². The van der Waals surface area contributed by atoms with Gasteiger partial charge in [-0.25, -0.2) is 0 Å². The molecule has 3 rings (SSSR count). The summed E-state index contributed by atoms with van der Waals surface area (Å²) >= 11 is 0. The van der Waals surface area contributed by atoms with E-state index < -0.39 is 0 Å². The Balaban J connectivity index is 2.11. The number of aromatic amines is 1. The van der Waals surface area contributed by atoms with E-state index in [1.165, 1.54) is 18.4 Å². The number of Topliss-reactive ketones (excluding diaryl/α,β-unsaturated/α-hetero) is 1. The topological polar surface area (TPSA) is 45.8 Å². The number of ketones is 1. The summed E-state index contributed by atoms with van der Waals surface area (Å²) in [6, 6.07) is 9.87. The van der Waals surface area contributed by atoms with Crippen LogP contribution in [0.2, 0.25) is 0 Å². The molecule has 3 nitrogen and oxygen atoms in total. The highest BCUT2D eigenvalue weighted by atomic mass is 16.1. The fourth-order valence-electron chi connectivity index (χ4n) is 2.79. The lowest BCUT2D eigenvalue weighted by Crippen LogP contribution is -2.01. The maximum atomic E-state index is 12.1. The number of allylic oxidation sites excluding steroid dienone is 2. The molecule has 0 atom stereocenters. The van der Waals surface area contributed by atoms with Gasteiger partial charge in [0.1, 0.15) is 5.69 Å². The van der Waals surface area contributed by atoms with Crippen molar-refractivity contribution in [3.05, 3.63) is 47.7 Å². The maximum Gasteiger partial charge on any atom is 0.164 e. The summed E-state index contributed by atoms with van der Waals surface area (Å²) in [6.07, 6.45) is 6.77. The molecule has 0 fully saturated rings. The SMILES string of the molecule is CC(=O)c1c(-c2ccccc2)n[nH]c1C1=CCCCC1. The average Bonchev–Trinajstić information content (AvgIpc) is 2.94. The molecule has 1 aliphatic rings. The molecule has 3 heteroatoms. The van der Waals surface area contributed by atoms with E-state index in [2.05, 4.69) is 16.3 Å². The van der Waals surface area contributed by atoms with Gasteiger partial charge in [-0.15, -0.1) is 0 Å². The molecule has 1 N–H and O–H groups in total. The van der Waals surface area contributed by atoms with Crippen LogP contribution < -0.4 is 0 Å². The van der Waals surface area contributed by atoms with Crippen LogP contribution in [-0.2, 0) is 0 Å². The minimum Gasteiger partial charge on any atom is -0.294 e. The van der Waals surface area contributed by atoms with Crippen molar-refractivity contribution in [2.24, 2.45) is 0 Å². The van der Waals surface area contributed by atoms with E-state index >= 15 is 0 Å². The van der Waals surface area contributed by atoms with Gasteiger partial charge in [0, 0.05) is 5.56 Å². The molecule has 0 spiro atoms. The third-order valence-corrected chi connectivity index (χ3v) is 3.78. The number of nitrogens with zero attached hydrogens (tertiary/aromatic N) is 1. The molecule has 0 aliphatic heterocycles. The Morgan fingerprint density at radius 2 is 2.00 bits per heavy atom. The van der Waals surface area contributed by atoms with Gasteiger partial charge in [-0.2, -0.15) is 5.10 Å². The predicted molar refractivity (Wildman–Crippen MR) is 80.5 cm³/mol. The fraction of sp³-hybridized carbons (Fsp3) is 0.294. The largest absolute Gasteiger partial charge is 0.294 e. The number of H-pyrrole nitrogens is 1. The molecule has 0 radical (unpaired) electrons. The van der Waals surface area contributed by atoms with E-state index in [1.54, 1.807) is 6.92 Å². The van der Waals surface area contributed by atoms with E-state index in [9.17, 15) is 4.79 Å². The number of rotatable bonds is 3. The first kappa shape index (κ1) is 12.9. The lowest BCUT2D eigenvalue weighted by atomic mass is 9.92. The molecule has 0 unspecified atom stereocenters. The standard InChI is InChI=1S/C17H18N2O/c1-12(20)15-16(13-8-4-2-5-9-13)18-19-17(15)14-10-6-3-7-11-14/h2,4-5,8-10H,3,6-7,11H2,1H3,(H,18,19). The van der Waals surface area contributed by atoms with Gasteiger partial charge in [0.05, 0.1) is 11.3 Å². The zero-order valence-corrected chi connectivity index (χ0v) is 11.6. The van der Waals surface area contributed by atoms with Gasteiger partial charge in [0.15, 0.2) is 5.78 Å². The molecule has 2 aromatic rings. The van der Waals surface area contributed by atoms with Crippen molar-refractivity contribution in [2.75, 3.05) is 0 Å². The zero-order valence-electron chi connectivity index (χ0n) is 11.6. The summed E-state index contributed by atoms with van der Waals surface area (Å²) in [5.74, 6) is 0.0686. The summed E-state index contributed by atoms with van der Waals surface area (Å²) < 4.78 is 0. The van der Waals surface area contributed by atoms with Gasteiger partial charge in [-0.05, 0) is 38.2 Å². The summed E-state index contributed by atoms with van der Waals surface area (Å²) in [6.45, 7) is 1.62. The third kappa shape index (κ3) is 2.31. The van der Waals surface area contributed by atoms with Crippen molar-refractivity contribution in [3.8, 4) is 11.3 Å². The number of carbonyl (C=O) groups excluding carboxylic acids is 1. The number of hydrogen-bond acceptors (Lipinski definition) is 2. The van der Waals surface area contributed by atoms with Crippen LogP contribution >= 0.6 is 0 Å². The second-order valence-corrected chi connectivity index (χ2v) is 5.22. The Labute approximate surface area is 118 Å². The molecule has 102 valence electrons. The Morgan fingerprint density at radius 1 is 1.20 bits per heavy atom. The molecular weight excluding hydrogens is 248 g/mol. The zero-order chi connectivity index (χ0) is 13.9. The van der Waals surface area contributed by atoms with Crippen LogP contribution in [0.3, 0.4) is 0 Å². The van der Waals surface area contributed by atoms with Crippen molar-refractivity contribution >= 4 is 11.4 Å². The van der Waals surface area contributed by atoms with Crippen molar-refractivity contribution in [2.45, 2.75) is 32.6 Å². The smallest absolute Gasteiger partial charge is 0.164 e. The molecule has 1 aromatic carbocycles. The van der Waals surface area contributed by atoms with Crippen molar-refractivity contribution in [1.29, 1.82) is 0 Å². The van der Waals surface area contributed by atoms with Crippen LogP contribution in [0.25, 0.3) is 16.8 Å². The molecule has 0 saturated heterocycles. The van der Waals surface area contributed by atoms with Crippen LogP contribution in [-0.4, -0.2) is 16.0 Å². The molecular formula is C17H18N2O. The van der Waals surface area contributed by atoms with Crippen LogP contribution in [0.4, 0.5) is 0 Å². The molecule has 0 saturated carbocycles. The summed E-state index contributed by atoms with van der Waals surface area (Å²) in [7, 11) is 0. The highest BCUT2D eigenvalue weighted by Gasteiger charge is 2.21. The Morgan fingerprint density at radius 3 is 2.65 bits per heavy atom. The van der Waals surface area contributed by atoms with Gasteiger partial charge < -0.3 is 0 Å². The summed E-state index contributed by atoms with van der Waals surface area (Å²) in [5, 5.41) is 7.48. The lowest BCUT2D eigenvalue weighted by molar-refractivity contribution is 0.101. The van der Waals surface area contributed by atoms with Gasteiger partial charge >= 0.3 is 0 Å². The number of hydrogen-bond donors (Lipinski definition) is 1. The van der Waals surface area contributed by atoms with Crippen molar-refractivity contribution in [1.82, 2.24) is 10.2 Å². The average molecular weight is 266 g/mol. The Hall–Kier alpha value is -2.16. The second-order valence-electron chi connectivity index (χ2n) is 5.22. The van der Waals surface area contributed by atoms with Crippen molar-refractivity contribution < 1.29 is 4.79 Å². The van der Waals surface area contributed by atoms with Crippen LogP contribution in [0.5, 0.6) is 0 Å². The second kappa shape index (κ2) is 5.45. The Kier molecular flexibility index (Phi) is 3.50. The number of aromatic nitrogens is 2. The number of benzene rings is 1. The van der Waals surface area contributed by atoms with Gasteiger partial charge in [-0.1, -0.05) is 36.4 Å². The van der Waals surface area contributed by atoms with E-state index in [1.807, 2.05) is 30.3 Å². The lowest BCUT2D eigenvalue weighted by Gasteiger charge is -2.12. The predicted octanol–water partition coefficient (Wildman–Crippen LogP) is 4.24. The van der Waals surface area contributed by atoms with Gasteiger partial charge in [-0.3, -0.25) is 9.89 Å². The number of nitrogens with one attached hydrogen (secondary N) is 1. The van der Waals surface area contributed by atoms with E-state index in [-0.39, 0.29) is 5.78 Å². The first-order valence-electron chi connectivity index (χ1n) is 7.11. The fourth-order valence-corrected chi connectivity index (χ4v) is 2.79. The molecule has 0 amide bonds. The molecule has 1 aromatic heterocycles. The highest BCUT2D eigenvalue weighted by Crippen LogP contribution is 2.32. The van der Waals surface area contributed by atoms with Crippen LogP contribution in [0, 0.1) is 0 Å². The van der Waals surface area contributed by atoms with Gasteiger partial charge in [0.25, 0.3) is 0 Å². The van der Waals surface area contributed by atoms with Crippen molar-refractivity contribution in [3.63, 3.8) is 0 Å². The normalized spacial score (nSPS) is 14.9. The monoisotopic (exact) mass is 266 g/mol. The first-order valence-corrected chi connectivity index (χ1v) is 7.11. The summed E-state index contributed by atoms with van der Waals surface area (Å²) in [5.41, 5.74) is 4.62. The minimum atomic E-state index is 0.0686.